The molecule has 0 spiro atoms. The summed E-state index contributed by atoms with van der Waals surface area (Å²) in [5.74, 6) is 0. The van der Waals surface area contributed by atoms with Crippen molar-refractivity contribution in [2.24, 2.45) is 0 Å². The van der Waals surface area contributed by atoms with E-state index in [9.17, 15) is 10.0 Å². The first-order chi connectivity index (χ1) is 19.1. The number of hydrogen-bond acceptors (Lipinski definition) is 3. The molecule has 5 aromatic carbocycles. The van der Waals surface area contributed by atoms with E-state index in [1.807, 2.05) is 36.4 Å². The molecule has 0 bridgehead atoms. The van der Waals surface area contributed by atoms with Gasteiger partial charge < -0.3 is 10.0 Å². The van der Waals surface area contributed by atoms with Gasteiger partial charge in [-0.3, -0.25) is 0 Å². The zero-order valence-electron chi connectivity index (χ0n) is 21.3. The lowest BCUT2D eigenvalue weighted by atomic mass is 9.80. The Balaban J connectivity index is 1.41. The van der Waals surface area contributed by atoms with Crippen molar-refractivity contribution in [3.63, 3.8) is 0 Å². The Bertz CT molecular complexity index is 1580. The van der Waals surface area contributed by atoms with E-state index in [2.05, 4.69) is 97.1 Å². The van der Waals surface area contributed by atoms with Gasteiger partial charge in [0.2, 0.25) is 0 Å². The second-order valence-corrected chi connectivity index (χ2v) is 9.51. The molecular weight excluding hydrogens is 477 g/mol. The number of hydrogen-bond donors (Lipinski definition) is 2. The predicted octanol–water partition coefficient (Wildman–Crippen LogP) is 7.10. The molecular formula is C35H26BNO2. The van der Waals surface area contributed by atoms with E-state index in [1.165, 1.54) is 16.7 Å². The molecule has 0 fully saturated rings. The van der Waals surface area contributed by atoms with Crippen LogP contribution in [0.3, 0.4) is 0 Å². The molecule has 6 aromatic rings. The third kappa shape index (κ3) is 5.44. The Morgan fingerprint density at radius 1 is 0.359 bits per heavy atom. The first kappa shape index (κ1) is 24.6. The van der Waals surface area contributed by atoms with Crippen molar-refractivity contribution in [2.75, 3.05) is 0 Å². The fourth-order valence-corrected chi connectivity index (χ4v) is 4.77. The smallest absolute Gasteiger partial charge is 0.423 e. The van der Waals surface area contributed by atoms with Crippen molar-refractivity contribution < 1.29 is 10.0 Å². The molecule has 0 saturated heterocycles. The van der Waals surface area contributed by atoms with Crippen molar-refractivity contribution in [1.29, 1.82) is 0 Å². The lowest BCUT2D eigenvalue weighted by Gasteiger charge is -2.12. The minimum atomic E-state index is -1.50. The van der Waals surface area contributed by atoms with Crippen LogP contribution in [-0.2, 0) is 0 Å². The van der Waals surface area contributed by atoms with E-state index in [1.54, 1.807) is 12.1 Å². The Morgan fingerprint density at radius 2 is 0.692 bits per heavy atom. The van der Waals surface area contributed by atoms with E-state index in [4.69, 9.17) is 4.98 Å². The highest BCUT2D eigenvalue weighted by atomic mass is 16.4. The maximum atomic E-state index is 9.52. The normalized spacial score (nSPS) is 10.8. The summed E-state index contributed by atoms with van der Waals surface area (Å²) < 4.78 is 0. The first-order valence-corrected chi connectivity index (χ1v) is 12.9. The summed E-state index contributed by atoms with van der Waals surface area (Å²) in [5.41, 5.74) is 10.9. The van der Waals surface area contributed by atoms with Crippen LogP contribution in [0, 0.1) is 0 Å². The van der Waals surface area contributed by atoms with Gasteiger partial charge in [-0.05, 0) is 51.0 Å². The third-order valence-corrected chi connectivity index (χ3v) is 6.94. The maximum absolute atomic E-state index is 9.52. The number of nitrogens with zero attached hydrogens (tertiary/aromatic N) is 1. The molecule has 0 saturated carbocycles. The van der Waals surface area contributed by atoms with Crippen LogP contribution in [0.1, 0.15) is 0 Å². The summed E-state index contributed by atoms with van der Waals surface area (Å²) in [6.07, 6.45) is 0. The van der Waals surface area contributed by atoms with Crippen molar-refractivity contribution in [3.8, 4) is 55.9 Å². The summed E-state index contributed by atoms with van der Waals surface area (Å²) in [5, 5.41) is 19.0. The van der Waals surface area contributed by atoms with Gasteiger partial charge in [0.25, 0.3) is 0 Å². The van der Waals surface area contributed by atoms with Crippen molar-refractivity contribution in [3.05, 3.63) is 146 Å². The van der Waals surface area contributed by atoms with Crippen LogP contribution in [0.15, 0.2) is 146 Å². The Hall–Kier alpha value is -4.77. The van der Waals surface area contributed by atoms with Gasteiger partial charge in [0.15, 0.2) is 0 Å². The van der Waals surface area contributed by atoms with Crippen molar-refractivity contribution in [1.82, 2.24) is 4.98 Å². The fourth-order valence-electron chi connectivity index (χ4n) is 4.77. The van der Waals surface area contributed by atoms with E-state index < -0.39 is 7.12 Å². The molecule has 0 radical (unpaired) electrons. The van der Waals surface area contributed by atoms with Crippen LogP contribution in [0.25, 0.3) is 55.9 Å². The molecule has 39 heavy (non-hydrogen) atoms. The molecule has 6 rings (SSSR count). The van der Waals surface area contributed by atoms with Crippen LogP contribution in [0.2, 0.25) is 0 Å². The number of pyridine rings is 1. The quantitative estimate of drug-likeness (QED) is 0.239. The molecule has 0 unspecified atom stereocenters. The SMILES string of the molecule is OB(O)c1ccc(-c2cc(-c3ccc(-c4ccccc4)cc3)cc(-c3ccc(-c4ccccc4)cc3)n2)cc1. The van der Waals surface area contributed by atoms with Gasteiger partial charge in [-0.2, -0.15) is 0 Å². The monoisotopic (exact) mass is 503 g/mol. The molecule has 0 amide bonds. The molecule has 4 heteroatoms. The second-order valence-electron chi connectivity index (χ2n) is 9.51. The van der Waals surface area contributed by atoms with E-state index >= 15 is 0 Å². The van der Waals surface area contributed by atoms with Gasteiger partial charge in [0.05, 0.1) is 11.4 Å². The lowest BCUT2D eigenvalue weighted by Crippen LogP contribution is -2.29. The minimum Gasteiger partial charge on any atom is -0.423 e. The maximum Gasteiger partial charge on any atom is 0.488 e. The Morgan fingerprint density at radius 3 is 1.10 bits per heavy atom. The molecule has 1 heterocycles. The summed E-state index contributed by atoms with van der Waals surface area (Å²) in [6, 6.07) is 49.2. The minimum absolute atomic E-state index is 0.447. The van der Waals surface area contributed by atoms with Gasteiger partial charge >= 0.3 is 7.12 Å². The van der Waals surface area contributed by atoms with Gasteiger partial charge in [0, 0.05) is 11.1 Å². The number of aromatic nitrogens is 1. The second kappa shape index (κ2) is 10.9. The molecule has 2 N–H and O–H groups in total. The Labute approximate surface area is 228 Å². The highest BCUT2D eigenvalue weighted by molar-refractivity contribution is 6.58. The van der Waals surface area contributed by atoms with Crippen LogP contribution in [0.5, 0.6) is 0 Å². The lowest BCUT2D eigenvalue weighted by molar-refractivity contribution is 0.426. The summed E-state index contributed by atoms with van der Waals surface area (Å²) in [4.78, 5) is 5.02. The molecule has 0 aliphatic carbocycles. The summed E-state index contributed by atoms with van der Waals surface area (Å²) >= 11 is 0. The topological polar surface area (TPSA) is 53.4 Å². The van der Waals surface area contributed by atoms with Gasteiger partial charge in [-0.1, -0.05) is 133 Å². The molecule has 186 valence electrons. The summed E-state index contributed by atoms with van der Waals surface area (Å²) in [7, 11) is -1.50. The average molecular weight is 503 g/mol. The number of rotatable bonds is 6. The number of benzene rings is 5. The standard InChI is InChI=1S/C35H26BNO2/c38-36(39)33-21-19-31(20-22-33)35-24-32(29-13-11-27(12-14-29)25-7-3-1-4-8-25)23-34(37-35)30-17-15-28(16-18-30)26-9-5-2-6-10-26/h1-24,38-39H. The van der Waals surface area contributed by atoms with Gasteiger partial charge in [-0.25, -0.2) is 4.98 Å². The van der Waals surface area contributed by atoms with Crippen molar-refractivity contribution in [2.45, 2.75) is 0 Å². The van der Waals surface area contributed by atoms with Gasteiger partial charge in [0.1, 0.15) is 0 Å². The third-order valence-electron chi connectivity index (χ3n) is 6.94. The van der Waals surface area contributed by atoms with Crippen LogP contribution < -0.4 is 5.46 Å². The summed E-state index contributed by atoms with van der Waals surface area (Å²) in [6.45, 7) is 0. The van der Waals surface area contributed by atoms with Crippen LogP contribution in [0.4, 0.5) is 0 Å². The van der Waals surface area contributed by atoms with E-state index in [-0.39, 0.29) is 0 Å². The molecule has 0 atom stereocenters. The molecule has 1 aromatic heterocycles. The zero-order valence-corrected chi connectivity index (χ0v) is 21.3. The predicted molar refractivity (Wildman–Crippen MR) is 161 cm³/mol. The Kier molecular flexibility index (Phi) is 6.88. The van der Waals surface area contributed by atoms with Crippen molar-refractivity contribution >= 4 is 12.6 Å². The molecule has 0 aliphatic rings. The fraction of sp³-hybridized carbons (Fsp3) is 0. The molecule has 0 aliphatic heterocycles. The zero-order chi connectivity index (χ0) is 26.6. The average Bonchev–Trinajstić information content (AvgIpc) is 3.02. The largest absolute Gasteiger partial charge is 0.488 e. The van der Waals surface area contributed by atoms with E-state index in [0.29, 0.717) is 5.46 Å². The van der Waals surface area contributed by atoms with Crippen LogP contribution in [-0.4, -0.2) is 22.2 Å². The van der Waals surface area contributed by atoms with E-state index in [0.717, 1.165) is 39.2 Å². The highest BCUT2D eigenvalue weighted by Gasteiger charge is 2.13. The van der Waals surface area contributed by atoms with Crippen LogP contribution >= 0.6 is 0 Å². The van der Waals surface area contributed by atoms with Gasteiger partial charge in [-0.15, -0.1) is 0 Å². The first-order valence-electron chi connectivity index (χ1n) is 12.9. The highest BCUT2D eigenvalue weighted by Crippen LogP contribution is 2.32. The molecule has 3 nitrogen and oxygen atoms in total.